The van der Waals surface area contributed by atoms with Gasteiger partial charge in [0.25, 0.3) is 0 Å². The highest BCUT2D eigenvalue weighted by atomic mass is 14.7. The molecule has 2 unspecified atom stereocenters. The van der Waals surface area contributed by atoms with Gasteiger partial charge in [-0.25, -0.2) is 0 Å². The van der Waals surface area contributed by atoms with Crippen LogP contribution in [0.3, 0.4) is 0 Å². The van der Waals surface area contributed by atoms with Crippen LogP contribution < -0.4 is 5.73 Å². The van der Waals surface area contributed by atoms with E-state index < -0.39 is 0 Å². The molecule has 1 aliphatic rings. The Balaban J connectivity index is 2.24. The molecule has 0 bridgehead atoms. The molecule has 16 heavy (non-hydrogen) atoms. The first-order chi connectivity index (χ1) is 7.78. The monoisotopic (exact) mass is 211 g/mol. The Labute approximate surface area is 96.3 Å². The fourth-order valence-corrected chi connectivity index (χ4v) is 2.92. The van der Waals surface area contributed by atoms with Gasteiger partial charge < -0.3 is 5.73 Å². The van der Waals surface area contributed by atoms with Crippen molar-refractivity contribution in [1.29, 1.82) is 0 Å². The molecular weight excluding hydrogens is 194 g/mol. The van der Waals surface area contributed by atoms with Crippen molar-refractivity contribution >= 4 is 10.8 Å². The van der Waals surface area contributed by atoms with Crippen molar-refractivity contribution in [2.75, 3.05) is 6.54 Å². The van der Waals surface area contributed by atoms with Gasteiger partial charge in [-0.2, -0.15) is 0 Å². The van der Waals surface area contributed by atoms with Crippen molar-refractivity contribution in [3.8, 4) is 0 Å². The Morgan fingerprint density at radius 3 is 2.56 bits per heavy atom. The van der Waals surface area contributed by atoms with Crippen molar-refractivity contribution in [3.05, 3.63) is 48.0 Å². The van der Waals surface area contributed by atoms with Gasteiger partial charge >= 0.3 is 0 Å². The minimum atomic E-state index is 0.251. The lowest BCUT2D eigenvalue weighted by Gasteiger charge is -2.17. The van der Waals surface area contributed by atoms with E-state index in [2.05, 4.69) is 49.4 Å². The highest BCUT2D eigenvalue weighted by Gasteiger charge is 2.51. The first kappa shape index (κ1) is 9.86. The fraction of sp³-hybridized carbons (Fsp3) is 0.333. The second-order valence-corrected chi connectivity index (χ2v) is 4.99. The number of hydrogen-bond acceptors (Lipinski definition) is 1. The molecule has 0 saturated heterocycles. The molecule has 2 atom stereocenters. The topological polar surface area (TPSA) is 26.0 Å². The maximum absolute atomic E-state index is 5.98. The van der Waals surface area contributed by atoms with Crippen molar-refractivity contribution in [2.45, 2.75) is 18.8 Å². The molecule has 3 rings (SSSR count). The van der Waals surface area contributed by atoms with Crippen LogP contribution >= 0.6 is 0 Å². The van der Waals surface area contributed by atoms with E-state index in [0.29, 0.717) is 0 Å². The second-order valence-electron chi connectivity index (χ2n) is 4.99. The fourth-order valence-electron chi connectivity index (χ4n) is 2.92. The summed E-state index contributed by atoms with van der Waals surface area (Å²) in [7, 11) is 0. The minimum absolute atomic E-state index is 0.251. The zero-order valence-electron chi connectivity index (χ0n) is 9.61. The van der Waals surface area contributed by atoms with Crippen LogP contribution in [0.2, 0.25) is 0 Å². The lowest BCUT2D eigenvalue weighted by molar-refractivity contribution is 0.647. The van der Waals surface area contributed by atoms with Crippen molar-refractivity contribution in [3.63, 3.8) is 0 Å². The molecule has 0 aliphatic heterocycles. The molecule has 0 aromatic heterocycles. The van der Waals surface area contributed by atoms with Crippen LogP contribution in [0.5, 0.6) is 0 Å². The number of nitrogens with two attached hydrogens (primary N) is 1. The average Bonchev–Trinajstić information content (AvgIpc) is 3.01. The molecule has 1 aliphatic carbocycles. The summed E-state index contributed by atoms with van der Waals surface area (Å²) in [6.07, 6.45) is 1.23. The molecule has 0 heterocycles. The van der Waals surface area contributed by atoms with Crippen LogP contribution in [-0.2, 0) is 5.41 Å². The molecular formula is C15H17N. The summed E-state index contributed by atoms with van der Waals surface area (Å²) >= 11 is 0. The molecule has 2 aromatic rings. The molecule has 0 radical (unpaired) electrons. The predicted octanol–water partition coefficient (Wildman–Crippen LogP) is 3.08. The number of benzene rings is 2. The van der Waals surface area contributed by atoms with E-state index >= 15 is 0 Å². The molecule has 1 nitrogen and oxygen atoms in total. The first-order valence-electron chi connectivity index (χ1n) is 5.96. The molecule has 82 valence electrons. The summed E-state index contributed by atoms with van der Waals surface area (Å²) in [5, 5.41) is 2.70. The lowest BCUT2D eigenvalue weighted by Crippen LogP contribution is -2.22. The number of hydrogen-bond donors (Lipinski definition) is 1. The van der Waals surface area contributed by atoms with Crippen LogP contribution in [0, 0.1) is 5.92 Å². The number of fused-ring (bicyclic) bond motifs is 1. The molecule has 2 N–H and O–H groups in total. The van der Waals surface area contributed by atoms with E-state index in [1.807, 2.05) is 0 Å². The van der Waals surface area contributed by atoms with Gasteiger partial charge in [0.15, 0.2) is 0 Å². The predicted molar refractivity (Wildman–Crippen MR) is 68.5 cm³/mol. The van der Waals surface area contributed by atoms with Crippen LogP contribution in [0.15, 0.2) is 42.5 Å². The molecule has 0 spiro atoms. The summed E-state index contributed by atoms with van der Waals surface area (Å²) < 4.78 is 0. The Morgan fingerprint density at radius 1 is 1.19 bits per heavy atom. The summed E-state index contributed by atoms with van der Waals surface area (Å²) in [4.78, 5) is 0. The average molecular weight is 211 g/mol. The van der Waals surface area contributed by atoms with Gasteiger partial charge in [0.2, 0.25) is 0 Å². The third-order valence-corrected chi connectivity index (χ3v) is 4.14. The highest BCUT2D eigenvalue weighted by molar-refractivity contribution is 5.87. The van der Waals surface area contributed by atoms with Crippen molar-refractivity contribution in [2.24, 2.45) is 11.7 Å². The minimum Gasteiger partial charge on any atom is -0.330 e. The van der Waals surface area contributed by atoms with E-state index in [1.54, 1.807) is 0 Å². The molecule has 1 fully saturated rings. The van der Waals surface area contributed by atoms with E-state index in [-0.39, 0.29) is 5.41 Å². The summed E-state index contributed by atoms with van der Waals surface area (Å²) in [6, 6.07) is 15.2. The molecule has 0 amide bonds. The van der Waals surface area contributed by atoms with E-state index in [0.717, 1.165) is 12.5 Å². The zero-order chi connectivity index (χ0) is 11.2. The molecule has 1 heteroatoms. The SMILES string of the molecule is CC1CC1(CN)c1cccc2ccccc12. The van der Waals surface area contributed by atoms with E-state index in [1.165, 1.54) is 22.8 Å². The maximum atomic E-state index is 5.98. The molecule has 1 saturated carbocycles. The van der Waals surface area contributed by atoms with Gasteiger partial charge in [-0.1, -0.05) is 49.4 Å². The largest absolute Gasteiger partial charge is 0.330 e. The molecule has 2 aromatic carbocycles. The third-order valence-electron chi connectivity index (χ3n) is 4.14. The van der Waals surface area contributed by atoms with Crippen LogP contribution in [0.4, 0.5) is 0 Å². The van der Waals surface area contributed by atoms with Crippen LogP contribution in [-0.4, -0.2) is 6.54 Å². The Kier molecular flexibility index (Phi) is 2.05. The van der Waals surface area contributed by atoms with Crippen LogP contribution in [0.25, 0.3) is 10.8 Å². The summed E-state index contributed by atoms with van der Waals surface area (Å²) in [5.41, 5.74) is 7.68. The van der Waals surface area contributed by atoms with Crippen molar-refractivity contribution in [1.82, 2.24) is 0 Å². The van der Waals surface area contributed by atoms with Gasteiger partial charge in [-0.15, -0.1) is 0 Å². The van der Waals surface area contributed by atoms with Gasteiger partial charge in [0, 0.05) is 12.0 Å². The van der Waals surface area contributed by atoms with Crippen molar-refractivity contribution < 1.29 is 0 Å². The Hall–Kier alpha value is -1.34. The van der Waals surface area contributed by atoms with Gasteiger partial charge in [0.1, 0.15) is 0 Å². The quantitative estimate of drug-likeness (QED) is 0.811. The second kappa shape index (κ2) is 3.33. The maximum Gasteiger partial charge on any atom is 0.0110 e. The third kappa shape index (κ3) is 1.21. The van der Waals surface area contributed by atoms with E-state index in [4.69, 9.17) is 5.73 Å². The Morgan fingerprint density at radius 2 is 1.88 bits per heavy atom. The number of rotatable bonds is 2. The normalized spacial score (nSPS) is 28.2. The van der Waals surface area contributed by atoms with Gasteiger partial charge in [-0.05, 0) is 28.7 Å². The smallest absolute Gasteiger partial charge is 0.0110 e. The van der Waals surface area contributed by atoms with Gasteiger partial charge in [-0.3, -0.25) is 0 Å². The standard InChI is InChI=1S/C15H17N/c1-11-9-15(11,10-16)14-8-4-6-12-5-2-3-7-13(12)14/h2-8,11H,9-10,16H2,1H3. The summed E-state index contributed by atoms with van der Waals surface area (Å²) in [6.45, 7) is 3.07. The first-order valence-corrected chi connectivity index (χ1v) is 5.96. The van der Waals surface area contributed by atoms with Gasteiger partial charge in [0.05, 0.1) is 0 Å². The van der Waals surface area contributed by atoms with E-state index in [9.17, 15) is 0 Å². The van der Waals surface area contributed by atoms with Crippen LogP contribution in [0.1, 0.15) is 18.9 Å². The zero-order valence-corrected chi connectivity index (χ0v) is 9.61. The Bertz CT molecular complexity index is 522. The summed E-state index contributed by atoms with van der Waals surface area (Å²) in [5.74, 6) is 0.725. The lowest BCUT2D eigenvalue weighted by atomic mass is 9.89. The highest BCUT2D eigenvalue weighted by Crippen LogP contribution is 2.54.